The van der Waals surface area contributed by atoms with Gasteiger partial charge in [-0.15, -0.1) is 0 Å². The van der Waals surface area contributed by atoms with Crippen LogP contribution in [0, 0.1) is 35.3 Å². The molecule has 1 aromatic carbocycles. The summed E-state index contributed by atoms with van der Waals surface area (Å²) in [4.78, 5) is 0. The molecule has 0 aromatic heterocycles. The van der Waals surface area contributed by atoms with Gasteiger partial charge in [0, 0.05) is 5.56 Å². The van der Waals surface area contributed by atoms with Crippen molar-refractivity contribution in [2.45, 2.75) is 89.9 Å². The summed E-state index contributed by atoms with van der Waals surface area (Å²) in [5, 5.41) is 0. The van der Waals surface area contributed by atoms with Crippen LogP contribution in [0.3, 0.4) is 0 Å². The van der Waals surface area contributed by atoms with Crippen molar-refractivity contribution in [2.24, 2.45) is 23.7 Å². The molecule has 0 aliphatic heterocycles. The van der Waals surface area contributed by atoms with Crippen LogP contribution in [-0.2, 0) is 12.8 Å². The number of hydrogen-bond acceptors (Lipinski definition) is 0. The predicted octanol–water partition coefficient (Wildman–Crippen LogP) is 8.04. The van der Waals surface area contributed by atoms with Crippen molar-refractivity contribution in [3.63, 3.8) is 0 Å². The summed E-state index contributed by atoms with van der Waals surface area (Å²) >= 11 is 0. The first kappa shape index (κ1) is 21.0. The molecule has 5 atom stereocenters. The van der Waals surface area contributed by atoms with Gasteiger partial charge in [-0.25, -0.2) is 13.2 Å². The maximum atomic E-state index is 15.5. The minimum Gasteiger partial charge on any atom is -0.216 e. The Morgan fingerprint density at radius 2 is 1.83 bits per heavy atom. The standard InChI is InChI=1S/C26H35F3/c1-2-3-4-17-6-10-23-22(14-17)16-24(28)25(26(23)29)21-9-8-19-13-18(11-12-27)5-7-20(19)15-21/h11-12,16-21H,2-10,13-15H2,1H3/b12-11+. The van der Waals surface area contributed by atoms with Crippen LogP contribution in [0.2, 0.25) is 0 Å². The normalized spacial score (nSPS) is 32.2. The van der Waals surface area contributed by atoms with E-state index in [2.05, 4.69) is 6.92 Å². The Hall–Kier alpha value is -1.25. The molecule has 0 amide bonds. The molecule has 5 unspecified atom stereocenters. The molecule has 0 radical (unpaired) electrons. The summed E-state index contributed by atoms with van der Waals surface area (Å²) < 4.78 is 43.1. The molecule has 3 aliphatic rings. The third-order valence-corrected chi connectivity index (χ3v) is 8.13. The SMILES string of the molecule is CCCCC1CCc2c(cc(F)c(C3CCC4CC(/C=C/F)CCC4C3)c2F)C1. The number of benzene rings is 1. The molecule has 0 N–H and O–H groups in total. The van der Waals surface area contributed by atoms with Crippen LogP contribution in [0.4, 0.5) is 13.2 Å². The maximum absolute atomic E-state index is 15.5. The summed E-state index contributed by atoms with van der Waals surface area (Å²) in [7, 11) is 0. The van der Waals surface area contributed by atoms with Gasteiger partial charge in [-0.3, -0.25) is 0 Å². The summed E-state index contributed by atoms with van der Waals surface area (Å²) in [6.45, 7) is 2.20. The predicted molar refractivity (Wildman–Crippen MR) is 113 cm³/mol. The number of rotatable bonds is 5. The highest BCUT2D eigenvalue weighted by Gasteiger charge is 2.38. The van der Waals surface area contributed by atoms with E-state index in [1.165, 1.54) is 19.3 Å². The van der Waals surface area contributed by atoms with Crippen molar-refractivity contribution >= 4 is 0 Å². The minimum atomic E-state index is -0.310. The molecule has 4 rings (SSSR count). The first-order valence-corrected chi connectivity index (χ1v) is 11.9. The highest BCUT2D eigenvalue weighted by Crippen LogP contribution is 2.49. The lowest BCUT2D eigenvalue weighted by Gasteiger charge is -2.42. The highest BCUT2D eigenvalue weighted by molar-refractivity contribution is 5.39. The number of unbranched alkanes of at least 4 members (excludes halogenated alkanes) is 1. The van der Waals surface area contributed by atoms with E-state index in [0.29, 0.717) is 35.6 Å². The van der Waals surface area contributed by atoms with E-state index in [-0.39, 0.29) is 17.6 Å². The van der Waals surface area contributed by atoms with Crippen LogP contribution < -0.4 is 0 Å². The second kappa shape index (κ2) is 9.27. The molecular weight excluding hydrogens is 369 g/mol. The Balaban J connectivity index is 1.49. The van der Waals surface area contributed by atoms with Crippen molar-refractivity contribution in [2.75, 3.05) is 0 Å². The van der Waals surface area contributed by atoms with Gasteiger partial charge in [-0.1, -0.05) is 32.3 Å². The molecule has 29 heavy (non-hydrogen) atoms. The van der Waals surface area contributed by atoms with Crippen LogP contribution in [0.15, 0.2) is 18.5 Å². The lowest BCUT2D eigenvalue weighted by molar-refractivity contribution is 0.131. The molecule has 2 fully saturated rings. The Kier molecular flexibility index (Phi) is 6.71. The zero-order valence-corrected chi connectivity index (χ0v) is 17.7. The fraction of sp³-hybridized carbons (Fsp3) is 0.692. The molecule has 0 nitrogen and oxygen atoms in total. The van der Waals surface area contributed by atoms with Crippen LogP contribution in [0.5, 0.6) is 0 Å². The molecule has 2 saturated carbocycles. The average molecular weight is 405 g/mol. The largest absolute Gasteiger partial charge is 0.216 e. The Morgan fingerprint density at radius 1 is 1.03 bits per heavy atom. The van der Waals surface area contributed by atoms with E-state index in [0.717, 1.165) is 68.9 Å². The fourth-order valence-corrected chi connectivity index (χ4v) is 6.52. The fourth-order valence-electron chi connectivity index (χ4n) is 6.52. The summed E-state index contributed by atoms with van der Waals surface area (Å²) in [5.74, 6) is 1.51. The van der Waals surface area contributed by atoms with Crippen molar-refractivity contribution in [1.82, 2.24) is 0 Å². The molecule has 0 heterocycles. The zero-order valence-electron chi connectivity index (χ0n) is 17.7. The molecule has 3 aliphatic carbocycles. The number of hydrogen-bond donors (Lipinski definition) is 0. The molecule has 0 saturated heterocycles. The van der Waals surface area contributed by atoms with Gasteiger partial charge in [0.15, 0.2) is 0 Å². The Bertz CT molecular complexity index is 738. The van der Waals surface area contributed by atoms with Crippen LogP contribution >= 0.6 is 0 Å². The van der Waals surface area contributed by atoms with E-state index in [9.17, 15) is 4.39 Å². The zero-order chi connectivity index (χ0) is 20.4. The van der Waals surface area contributed by atoms with Crippen LogP contribution in [-0.4, -0.2) is 0 Å². The molecule has 3 heteroatoms. The van der Waals surface area contributed by atoms with Crippen LogP contribution in [0.25, 0.3) is 0 Å². The molecule has 1 aromatic rings. The van der Waals surface area contributed by atoms with Gasteiger partial charge in [-0.2, -0.15) is 0 Å². The third kappa shape index (κ3) is 4.44. The summed E-state index contributed by atoms with van der Waals surface area (Å²) in [6, 6.07) is 1.67. The second-order valence-electron chi connectivity index (χ2n) is 9.90. The van der Waals surface area contributed by atoms with Gasteiger partial charge in [-0.05, 0) is 105 Å². The average Bonchev–Trinajstić information content (AvgIpc) is 2.72. The van der Waals surface area contributed by atoms with Crippen molar-refractivity contribution in [3.8, 4) is 0 Å². The minimum absolute atomic E-state index is 0.00707. The van der Waals surface area contributed by atoms with E-state index < -0.39 is 0 Å². The topological polar surface area (TPSA) is 0 Å². The molecular formula is C26H35F3. The Morgan fingerprint density at radius 3 is 2.62 bits per heavy atom. The lowest BCUT2D eigenvalue weighted by atomic mass is 9.63. The van der Waals surface area contributed by atoms with E-state index in [1.807, 2.05) is 0 Å². The highest BCUT2D eigenvalue weighted by atomic mass is 19.1. The van der Waals surface area contributed by atoms with Gasteiger partial charge in [0.1, 0.15) is 11.6 Å². The first-order chi connectivity index (χ1) is 14.1. The van der Waals surface area contributed by atoms with E-state index >= 15 is 8.78 Å². The second-order valence-corrected chi connectivity index (χ2v) is 9.90. The number of halogens is 3. The van der Waals surface area contributed by atoms with Crippen molar-refractivity contribution in [3.05, 3.63) is 46.8 Å². The molecule has 160 valence electrons. The van der Waals surface area contributed by atoms with Gasteiger partial charge in [0.25, 0.3) is 0 Å². The van der Waals surface area contributed by atoms with E-state index in [1.54, 1.807) is 12.1 Å². The van der Waals surface area contributed by atoms with Gasteiger partial charge >= 0.3 is 0 Å². The maximum Gasteiger partial charge on any atom is 0.133 e. The first-order valence-electron chi connectivity index (χ1n) is 11.9. The summed E-state index contributed by atoms with van der Waals surface area (Å²) in [6.07, 6.45) is 14.4. The van der Waals surface area contributed by atoms with E-state index in [4.69, 9.17) is 0 Å². The van der Waals surface area contributed by atoms with Crippen molar-refractivity contribution in [1.29, 1.82) is 0 Å². The third-order valence-electron chi connectivity index (χ3n) is 8.13. The van der Waals surface area contributed by atoms with Crippen LogP contribution in [0.1, 0.15) is 93.7 Å². The summed E-state index contributed by atoms with van der Waals surface area (Å²) in [5.41, 5.74) is 2.09. The molecule has 0 spiro atoms. The van der Waals surface area contributed by atoms with Crippen molar-refractivity contribution < 1.29 is 13.2 Å². The van der Waals surface area contributed by atoms with Gasteiger partial charge in [0.05, 0.1) is 6.33 Å². The quantitative estimate of drug-likeness (QED) is 0.466. The van der Waals surface area contributed by atoms with Gasteiger partial charge in [0.2, 0.25) is 0 Å². The smallest absolute Gasteiger partial charge is 0.133 e. The Labute approximate surface area is 174 Å². The number of allylic oxidation sites excluding steroid dienone is 1. The monoisotopic (exact) mass is 404 g/mol. The number of fused-ring (bicyclic) bond motifs is 2. The molecule has 0 bridgehead atoms. The lowest BCUT2D eigenvalue weighted by Crippen LogP contribution is -2.31. The van der Waals surface area contributed by atoms with Gasteiger partial charge < -0.3 is 0 Å².